The molecule has 0 aromatic heterocycles. The zero-order valence-electron chi connectivity index (χ0n) is 13.9. The first-order valence-corrected chi connectivity index (χ1v) is 8.08. The van der Waals surface area contributed by atoms with Gasteiger partial charge < -0.3 is 5.73 Å². The lowest BCUT2D eigenvalue weighted by atomic mass is 9.93. The van der Waals surface area contributed by atoms with Gasteiger partial charge in [-0.1, -0.05) is 66.7 Å². The van der Waals surface area contributed by atoms with Crippen molar-refractivity contribution in [3.63, 3.8) is 0 Å². The lowest BCUT2D eigenvalue weighted by Crippen LogP contribution is -1.87. The van der Waals surface area contributed by atoms with Gasteiger partial charge in [-0.25, -0.2) is 0 Å². The first-order valence-electron chi connectivity index (χ1n) is 8.08. The monoisotopic (exact) mass is 311 g/mol. The van der Waals surface area contributed by atoms with E-state index in [1.54, 1.807) is 6.08 Å². The van der Waals surface area contributed by atoms with Gasteiger partial charge in [0.2, 0.25) is 0 Å². The summed E-state index contributed by atoms with van der Waals surface area (Å²) in [6, 6.07) is 27.4. The van der Waals surface area contributed by atoms with Crippen molar-refractivity contribution in [3.05, 3.63) is 91.5 Å². The molecule has 0 aliphatic heterocycles. The molecule has 2 N–H and O–H groups in total. The molecule has 0 atom stereocenters. The number of fused-ring (bicyclic) bond motifs is 3. The summed E-state index contributed by atoms with van der Waals surface area (Å²) in [6.07, 6.45) is 1.75. The quantitative estimate of drug-likeness (QED) is 0.244. The summed E-state index contributed by atoms with van der Waals surface area (Å²) in [5.74, 6) is 0. The Balaban J connectivity index is 0.000000526. The third-order valence-corrected chi connectivity index (χ3v) is 3.97. The van der Waals surface area contributed by atoms with Crippen molar-refractivity contribution in [2.75, 3.05) is 5.73 Å². The van der Waals surface area contributed by atoms with E-state index in [-0.39, 0.29) is 0 Å². The second kappa shape index (κ2) is 7.01. The van der Waals surface area contributed by atoms with E-state index in [4.69, 9.17) is 5.73 Å². The largest absolute Gasteiger partial charge is 0.399 e. The number of hydrogen-bond acceptors (Lipinski definition) is 1. The highest BCUT2D eigenvalue weighted by atomic mass is 14.5. The van der Waals surface area contributed by atoms with Gasteiger partial charge in [0.25, 0.3) is 0 Å². The van der Waals surface area contributed by atoms with Gasteiger partial charge in [-0.3, -0.25) is 0 Å². The molecule has 0 saturated carbocycles. The molecule has 0 heterocycles. The third kappa shape index (κ3) is 3.02. The summed E-state index contributed by atoms with van der Waals surface area (Å²) in [5, 5.41) is 5.10. The first kappa shape index (κ1) is 15.8. The molecule has 0 bridgehead atoms. The highest BCUT2D eigenvalue weighted by molar-refractivity contribution is 6.13. The second-order valence-electron chi connectivity index (χ2n) is 5.72. The molecule has 4 aromatic carbocycles. The molecule has 1 nitrogen and oxygen atoms in total. The highest BCUT2D eigenvalue weighted by Gasteiger charge is 2.07. The fourth-order valence-electron chi connectivity index (χ4n) is 3.00. The fraction of sp³-hybridized carbons (Fsp3) is 0.0435. The maximum atomic E-state index is 5.95. The van der Waals surface area contributed by atoms with E-state index in [9.17, 15) is 0 Å². The van der Waals surface area contributed by atoms with Crippen LogP contribution in [0.25, 0.3) is 32.7 Å². The maximum absolute atomic E-state index is 5.95. The molecule has 0 spiro atoms. The van der Waals surface area contributed by atoms with E-state index in [0.717, 1.165) is 11.3 Å². The van der Waals surface area contributed by atoms with E-state index in [0.29, 0.717) is 0 Å². The molecule has 118 valence electrons. The number of anilines is 1. The van der Waals surface area contributed by atoms with Gasteiger partial charge in [0.05, 0.1) is 0 Å². The summed E-state index contributed by atoms with van der Waals surface area (Å²) in [6.45, 7) is 5.25. The smallest absolute Gasteiger partial charge is 0.0320 e. The molecule has 0 amide bonds. The van der Waals surface area contributed by atoms with E-state index in [1.165, 1.54) is 27.1 Å². The van der Waals surface area contributed by atoms with Gasteiger partial charge in [-0.15, -0.1) is 6.58 Å². The minimum atomic E-state index is 0.796. The molecule has 24 heavy (non-hydrogen) atoms. The lowest BCUT2D eigenvalue weighted by molar-refractivity contribution is 1.65. The van der Waals surface area contributed by atoms with Crippen LogP contribution in [-0.2, 0) is 0 Å². The first-order chi connectivity index (χ1) is 11.7. The topological polar surface area (TPSA) is 26.0 Å². The Morgan fingerprint density at radius 1 is 0.750 bits per heavy atom. The van der Waals surface area contributed by atoms with Gasteiger partial charge in [0, 0.05) is 5.69 Å². The molecule has 4 aromatic rings. The number of nitrogens with two attached hydrogens (primary N) is 1. The van der Waals surface area contributed by atoms with Crippen molar-refractivity contribution >= 4 is 27.2 Å². The minimum absolute atomic E-state index is 0.796. The van der Waals surface area contributed by atoms with Crippen LogP contribution in [0.3, 0.4) is 0 Å². The minimum Gasteiger partial charge on any atom is -0.399 e. The fourth-order valence-corrected chi connectivity index (χ4v) is 3.00. The van der Waals surface area contributed by atoms with Crippen molar-refractivity contribution in [2.24, 2.45) is 0 Å². The predicted molar refractivity (Wildman–Crippen MR) is 107 cm³/mol. The number of benzene rings is 4. The number of allylic oxidation sites excluding steroid dienone is 1. The summed E-state index contributed by atoms with van der Waals surface area (Å²) in [4.78, 5) is 0. The van der Waals surface area contributed by atoms with Gasteiger partial charge in [0.15, 0.2) is 0 Å². The van der Waals surface area contributed by atoms with Gasteiger partial charge >= 0.3 is 0 Å². The van der Waals surface area contributed by atoms with Crippen LogP contribution in [0.15, 0.2) is 91.5 Å². The lowest BCUT2D eigenvalue weighted by Gasteiger charge is -2.11. The van der Waals surface area contributed by atoms with Crippen molar-refractivity contribution in [1.82, 2.24) is 0 Å². The van der Waals surface area contributed by atoms with Crippen LogP contribution in [-0.4, -0.2) is 0 Å². The molecular formula is C23H21N. The average Bonchev–Trinajstić information content (AvgIpc) is 2.62. The van der Waals surface area contributed by atoms with Gasteiger partial charge in [-0.05, 0) is 57.8 Å². The van der Waals surface area contributed by atoms with Gasteiger partial charge in [0.1, 0.15) is 0 Å². The molecule has 1 heteroatoms. The molecule has 0 fully saturated rings. The Morgan fingerprint density at radius 2 is 1.38 bits per heavy atom. The van der Waals surface area contributed by atoms with Crippen LogP contribution >= 0.6 is 0 Å². The Hall–Kier alpha value is -3.06. The second-order valence-corrected chi connectivity index (χ2v) is 5.72. The Morgan fingerprint density at radius 3 is 2.08 bits per heavy atom. The standard InChI is InChI=1S/C20H15N.C3H6/c21-16-8-5-7-14(12-16)20-13-15-6-1-2-9-17(15)18-10-3-4-11-19(18)20;1-3-2/h1-13H,21H2;3H,1H2,2H3. The summed E-state index contributed by atoms with van der Waals surface area (Å²) >= 11 is 0. The van der Waals surface area contributed by atoms with Crippen LogP contribution < -0.4 is 5.73 Å². The number of rotatable bonds is 1. The van der Waals surface area contributed by atoms with Crippen molar-refractivity contribution < 1.29 is 0 Å². The van der Waals surface area contributed by atoms with E-state index < -0.39 is 0 Å². The van der Waals surface area contributed by atoms with Gasteiger partial charge in [-0.2, -0.15) is 0 Å². The molecule has 0 unspecified atom stereocenters. The van der Waals surface area contributed by atoms with Crippen molar-refractivity contribution in [2.45, 2.75) is 6.92 Å². The SMILES string of the molecule is C=CC.Nc1cccc(-c2cc3ccccc3c3ccccc23)c1. The molecular weight excluding hydrogens is 290 g/mol. The number of nitrogen functional groups attached to an aromatic ring is 1. The predicted octanol–water partition coefficient (Wildman–Crippen LogP) is 6.43. The molecule has 0 aliphatic rings. The van der Waals surface area contributed by atoms with E-state index >= 15 is 0 Å². The third-order valence-electron chi connectivity index (χ3n) is 3.97. The Bertz CT molecular complexity index is 999. The zero-order chi connectivity index (χ0) is 16.9. The number of hydrogen-bond donors (Lipinski definition) is 1. The molecule has 0 saturated heterocycles. The molecule has 4 rings (SSSR count). The summed E-state index contributed by atoms with van der Waals surface area (Å²) in [5.41, 5.74) is 9.15. The Kier molecular flexibility index (Phi) is 4.62. The van der Waals surface area contributed by atoms with E-state index in [2.05, 4.69) is 67.2 Å². The summed E-state index contributed by atoms with van der Waals surface area (Å²) < 4.78 is 0. The normalized spacial score (nSPS) is 10.2. The molecule has 0 aliphatic carbocycles. The summed E-state index contributed by atoms with van der Waals surface area (Å²) in [7, 11) is 0. The average molecular weight is 311 g/mol. The van der Waals surface area contributed by atoms with Crippen LogP contribution in [0.2, 0.25) is 0 Å². The van der Waals surface area contributed by atoms with Crippen molar-refractivity contribution in [3.8, 4) is 11.1 Å². The van der Waals surface area contributed by atoms with Crippen LogP contribution in [0.5, 0.6) is 0 Å². The zero-order valence-corrected chi connectivity index (χ0v) is 13.9. The Labute approximate surface area is 143 Å². The van der Waals surface area contributed by atoms with Crippen LogP contribution in [0.1, 0.15) is 6.92 Å². The van der Waals surface area contributed by atoms with Crippen LogP contribution in [0, 0.1) is 0 Å². The van der Waals surface area contributed by atoms with Crippen LogP contribution in [0.4, 0.5) is 5.69 Å². The highest BCUT2D eigenvalue weighted by Crippen LogP contribution is 2.35. The maximum Gasteiger partial charge on any atom is 0.0320 e. The molecule has 0 radical (unpaired) electrons. The van der Waals surface area contributed by atoms with E-state index in [1.807, 2.05) is 25.1 Å². The van der Waals surface area contributed by atoms with Crippen molar-refractivity contribution in [1.29, 1.82) is 0 Å².